The number of carbonyl (C=O) groups is 1. The van der Waals surface area contributed by atoms with Gasteiger partial charge in [0.05, 0.1) is 5.88 Å². The minimum absolute atomic E-state index is 0.313. The Bertz CT molecular complexity index is 342. The van der Waals surface area contributed by atoms with Crippen molar-refractivity contribution >= 4 is 29.0 Å². The minimum atomic E-state index is 0.313. The Morgan fingerprint density at radius 1 is 1.60 bits per heavy atom. The summed E-state index contributed by atoms with van der Waals surface area (Å²) < 4.78 is 0. The zero-order valence-electron chi connectivity index (χ0n) is 8.86. The quantitative estimate of drug-likeness (QED) is 0.810. The number of carbonyl (C=O) groups excluding carboxylic acids is 1. The van der Waals surface area contributed by atoms with E-state index in [2.05, 4.69) is 18.4 Å². The molecule has 1 saturated heterocycles. The number of hydrogen-bond donors (Lipinski definition) is 0. The molecule has 1 aromatic heterocycles. The summed E-state index contributed by atoms with van der Waals surface area (Å²) in [5, 5.41) is 2.10. The first-order valence-electron chi connectivity index (χ1n) is 5.16. The van der Waals surface area contributed by atoms with Gasteiger partial charge < -0.3 is 4.90 Å². The molecule has 0 N–H and O–H groups in total. The fourth-order valence-corrected chi connectivity index (χ4v) is 3.53. The smallest absolute Gasteiger partial charge is 0.223 e. The van der Waals surface area contributed by atoms with Gasteiger partial charge in [-0.05, 0) is 30.4 Å². The van der Waals surface area contributed by atoms with Crippen molar-refractivity contribution in [3.63, 3.8) is 0 Å². The molecule has 0 aromatic carbocycles. The Labute approximate surface area is 98.7 Å². The van der Waals surface area contributed by atoms with Gasteiger partial charge in [-0.15, -0.1) is 23.1 Å². The lowest BCUT2D eigenvalue weighted by Gasteiger charge is -2.13. The van der Waals surface area contributed by atoms with Gasteiger partial charge in [0.1, 0.15) is 0 Å². The molecule has 4 heteroatoms. The molecule has 0 aliphatic carbocycles. The highest BCUT2D eigenvalue weighted by atomic mass is 32.2. The molecule has 0 atom stereocenters. The van der Waals surface area contributed by atoms with Crippen LogP contribution in [0.15, 0.2) is 11.4 Å². The molecule has 1 aliphatic heterocycles. The van der Waals surface area contributed by atoms with Crippen molar-refractivity contribution in [1.82, 2.24) is 4.90 Å². The number of hydrogen-bond acceptors (Lipinski definition) is 3. The van der Waals surface area contributed by atoms with E-state index >= 15 is 0 Å². The SMILES string of the molecule is Cc1ccsc1CCC(=O)N1CCSC1. The molecule has 0 saturated carbocycles. The van der Waals surface area contributed by atoms with Crippen LogP contribution in [0.4, 0.5) is 0 Å². The number of nitrogens with zero attached hydrogens (tertiary/aromatic N) is 1. The van der Waals surface area contributed by atoms with Crippen LogP contribution in [0.2, 0.25) is 0 Å². The first-order chi connectivity index (χ1) is 7.27. The highest BCUT2D eigenvalue weighted by Gasteiger charge is 2.18. The van der Waals surface area contributed by atoms with Gasteiger partial charge in [0, 0.05) is 23.6 Å². The van der Waals surface area contributed by atoms with Crippen molar-refractivity contribution in [1.29, 1.82) is 0 Å². The van der Waals surface area contributed by atoms with E-state index in [0.29, 0.717) is 12.3 Å². The molecular formula is C11H15NOS2. The number of amides is 1. The van der Waals surface area contributed by atoms with Crippen LogP contribution < -0.4 is 0 Å². The van der Waals surface area contributed by atoms with Gasteiger partial charge in [0.25, 0.3) is 0 Å². The van der Waals surface area contributed by atoms with Crippen molar-refractivity contribution in [2.75, 3.05) is 18.2 Å². The summed E-state index contributed by atoms with van der Waals surface area (Å²) >= 11 is 3.60. The van der Waals surface area contributed by atoms with Crippen LogP contribution in [-0.4, -0.2) is 29.0 Å². The van der Waals surface area contributed by atoms with Gasteiger partial charge in [-0.2, -0.15) is 0 Å². The molecule has 2 heterocycles. The summed E-state index contributed by atoms with van der Waals surface area (Å²) in [6, 6.07) is 2.12. The van der Waals surface area contributed by atoms with E-state index in [1.54, 1.807) is 11.3 Å². The van der Waals surface area contributed by atoms with Crippen LogP contribution in [0.5, 0.6) is 0 Å². The van der Waals surface area contributed by atoms with E-state index in [9.17, 15) is 4.79 Å². The second-order valence-electron chi connectivity index (χ2n) is 3.72. The molecule has 2 rings (SSSR count). The van der Waals surface area contributed by atoms with Crippen LogP contribution in [0, 0.1) is 6.92 Å². The van der Waals surface area contributed by atoms with Gasteiger partial charge in [-0.25, -0.2) is 0 Å². The van der Waals surface area contributed by atoms with Crippen molar-refractivity contribution < 1.29 is 4.79 Å². The molecule has 1 aromatic rings. The molecule has 0 radical (unpaired) electrons. The third-order valence-corrected chi connectivity index (χ3v) is 4.69. The predicted molar refractivity (Wildman–Crippen MR) is 66.4 cm³/mol. The molecule has 1 fully saturated rings. The third-order valence-electron chi connectivity index (χ3n) is 2.64. The summed E-state index contributed by atoms with van der Waals surface area (Å²) in [4.78, 5) is 15.1. The predicted octanol–water partition coefficient (Wildman–Crippen LogP) is 2.52. The first-order valence-corrected chi connectivity index (χ1v) is 7.19. The van der Waals surface area contributed by atoms with E-state index in [4.69, 9.17) is 0 Å². The average Bonchev–Trinajstić information content (AvgIpc) is 2.85. The number of thioether (sulfide) groups is 1. The first kappa shape index (κ1) is 11.0. The topological polar surface area (TPSA) is 20.3 Å². The molecular weight excluding hydrogens is 226 g/mol. The maximum atomic E-state index is 11.8. The molecule has 1 amide bonds. The Hall–Kier alpha value is -0.480. The highest BCUT2D eigenvalue weighted by Crippen LogP contribution is 2.19. The Morgan fingerprint density at radius 3 is 3.07 bits per heavy atom. The number of aryl methyl sites for hydroxylation is 2. The lowest BCUT2D eigenvalue weighted by molar-refractivity contribution is -0.129. The fraction of sp³-hybridized carbons (Fsp3) is 0.545. The summed E-state index contributed by atoms with van der Waals surface area (Å²) in [5.41, 5.74) is 1.32. The van der Waals surface area contributed by atoms with Gasteiger partial charge >= 0.3 is 0 Å². The average molecular weight is 241 g/mol. The second kappa shape index (κ2) is 5.03. The summed E-state index contributed by atoms with van der Waals surface area (Å²) in [5.74, 6) is 2.30. The second-order valence-corrected chi connectivity index (χ2v) is 5.80. The zero-order chi connectivity index (χ0) is 10.7. The highest BCUT2D eigenvalue weighted by molar-refractivity contribution is 7.99. The lowest BCUT2D eigenvalue weighted by atomic mass is 10.2. The van der Waals surface area contributed by atoms with Crippen LogP contribution in [-0.2, 0) is 11.2 Å². The maximum Gasteiger partial charge on any atom is 0.223 e. The molecule has 0 bridgehead atoms. The molecule has 0 spiro atoms. The molecule has 0 unspecified atom stereocenters. The van der Waals surface area contributed by atoms with Crippen molar-refractivity contribution in [2.24, 2.45) is 0 Å². The van der Waals surface area contributed by atoms with Crippen molar-refractivity contribution in [3.05, 3.63) is 21.9 Å². The Kier molecular flexibility index (Phi) is 3.70. The van der Waals surface area contributed by atoms with Gasteiger partial charge in [0.2, 0.25) is 5.91 Å². The van der Waals surface area contributed by atoms with Gasteiger partial charge in [0.15, 0.2) is 0 Å². The lowest BCUT2D eigenvalue weighted by Crippen LogP contribution is -2.27. The number of rotatable bonds is 3. The van der Waals surface area contributed by atoms with Crippen LogP contribution in [0.3, 0.4) is 0 Å². The van der Waals surface area contributed by atoms with Crippen LogP contribution in [0.25, 0.3) is 0 Å². The molecule has 1 aliphatic rings. The standard InChI is InChI=1S/C11H15NOS2/c1-9-4-6-15-10(9)2-3-11(13)12-5-7-14-8-12/h4,6H,2-3,5,7-8H2,1H3. The molecule has 15 heavy (non-hydrogen) atoms. The van der Waals surface area contributed by atoms with Crippen LogP contribution >= 0.6 is 23.1 Å². The van der Waals surface area contributed by atoms with E-state index < -0.39 is 0 Å². The van der Waals surface area contributed by atoms with Crippen molar-refractivity contribution in [3.8, 4) is 0 Å². The fourth-order valence-electron chi connectivity index (χ4n) is 1.65. The summed E-state index contributed by atoms with van der Waals surface area (Å²) in [6.45, 7) is 3.05. The van der Waals surface area contributed by atoms with Crippen molar-refractivity contribution in [2.45, 2.75) is 19.8 Å². The van der Waals surface area contributed by atoms with E-state index in [1.165, 1.54) is 10.4 Å². The zero-order valence-corrected chi connectivity index (χ0v) is 10.5. The van der Waals surface area contributed by atoms with E-state index in [0.717, 1.165) is 24.6 Å². The van der Waals surface area contributed by atoms with Crippen LogP contribution in [0.1, 0.15) is 16.9 Å². The maximum absolute atomic E-state index is 11.8. The monoisotopic (exact) mass is 241 g/mol. The Balaban J connectivity index is 1.83. The van der Waals surface area contributed by atoms with E-state index in [-0.39, 0.29) is 0 Å². The van der Waals surface area contributed by atoms with E-state index in [1.807, 2.05) is 16.7 Å². The minimum Gasteiger partial charge on any atom is -0.333 e. The largest absolute Gasteiger partial charge is 0.333 e. The number of thiophene rings is 1. The van der Waals surface area contributed by atoms with Gasteiger partial charge in [-0.3, -0.25) is 4.79 Å². The molecule has 82 valence electrons. The third kappa shape index (κ3) is 2.75. The summed E-state index contributed by atoms with van der Waals surface area (Å²) in [6.07, 6.45) is 1.57. The Morgan fingerprint density at radius 2 is 2.47 bits per heavy atom. The van der Waals surface area contributed by atoms with Gasteiger partial charge in [-0.1, -0.05) is 0 Å². The molecule has 2 nitrogen and oxygen atoms in total. The normalized spacial score (nSPS) is 15.9. The summed E-state index contributed by atoms with van der Waals surface area (Å²) in [7, 11) is 0.